The average molecular weight is 449 g/mol. The van der Waals surface area contributed by atoms with E-state index in [1.54, 1.807) is 6.07 Å². The highest BCUT2D eigenvalue weighted by molar-refractivity contribution is 6.31. The molecule has 1 N–H and O–H groups in total. The highest BCUT2D eigenvalue weighted by Crippen LogP contribution is 2.24. The maximum absolute atomic E-state index is 12.3. The third-order valence-corrected chi connectivity index (χ3v) is 5.00. The minimum Gasteiger partial charge on any atom is -0.492 e. The van der Waals surface area contributed by atoms with Crippen LogP contribution in [0.4, 0.5) is 0 Å². The molecule has 32 heavy (non-hydrogen) atoms. The van der Waals surface area contributed by atoms with Crippen molar-refractivity contribution in [3.05, 3.63) is 101 Å². The molecule has 0 aliphatic rings. The lowest BCUT2D eigenvalue weighted by molar-refractivity contribution is 0.0938. The summed E-state index contributed by atoms with van der Waals surface area (Å²) in [5.41, 5.74) is 1.91. The highest BCUT2D eigenvalue weighted by atomic mass is 35.5. The third-order valence-electron chi connectivity index (χ3n) is 4.63. The number of ether oxygens (including phenoxy) is 2. The minimum atomic E-state index is -0.323. The van der Waals surface area contributed by atoms with Crippen molar-refractivity contribution in [1.29, 1.82) is 0 Å². The van der Waals surface area contributed by atoms with E-state index in [-0.39, 0.29) is 11.6 Å². The van der Waals surface area contributed by atoms with Crippen molar-refractivity contribution in [3.8, 4) is 22.8 Å². The molecule has 0 radical (unpaired) electrons. The first-order valence-corrected chi connectivity index (χ1v) is 10.5. The molecule has 0 spiro atoms. The number of amides is 1. The van der Waals surface area contributed by atoms with Crippen molar-refractivity contribution in [3.63, 3.8) is 0 Å². The van der Waals surface area contributed by atoms with Gasteiger partial charge in [-0.3, -0.25) is 4.79 Å². The van der Waals surface area contributed by atoms with E-state index in [0.717, 1.165) is 16.9 Å². The first-order chi connectivity index (χ1) is 15.7. The summed E-state index contributed by atoms with van der Waals surface area (Å²) in [6.45, 7) is 1.09. The van der Waals surface area contributed by atoms with Crippen LogP contribution >= 0.6 is 11.6 Å². The van der Waals surface area contributed by atoms with Crippen LogP contribution in [0.2, 0.25) is 5.02 Å². The van der Waals surface area contributed by atoms with Gasteiger partial charge in [-0.25, -0.2) is 0 Å². The molecular formula is C25H21ClN2O4. The molecule has 162 valence electrons. The first-order valence-electron chi connectivity index (χ1n) is 10.1. The lowest BCUT2D eigenvalue weighted by atomic mass is 10.1. The van der Waals surface area contributed by atoms with Crippen LogP contribution in [-0.4, -0.2) is 24.2 Å². The monoisotopic (exact) mass is 448 g/mol. The summed E-state index contributed by atoms with van der Waals surface area (Å²) in [6, 6.07) is 25.9. The van der Waals surface area contributed by atoms with E-state index in [9.17, 15) is 4.79 Å². The molecule has 1 aromatic heterocycles. The maximum Gasteiger partial charge on any atom is 0.273 e. The van der Waals surface area contributed by atoms with E-state index in [0.29, 0.717) is 36.3 Å². The van der Waals surface area contributed by atoms with Crippen LogP contribution in [0, 0.1) is 0 Å². The standard InChI is InChI=1S/C25H21ClN2O4/c26-22-9-5-4-6-19(22)17-31-21-12-10-18(11-13-21)24-16-23(28-32-24)25(29)27-14-15-30-20-7-2-1-3-8-20/h1-13,16H,14-15,17H2,(H,27,29). The van der Waals surface area contributed by atoms with Crippen molar-refractivity contribution in [1.82, 2.24) is 10.5 Å². The van der Waals surface area contributed by atoms with Crippen LogP contribution in [-0.2, 0) is 6.61 Å². The Morgan fingerprint density at radius 3 is 2.41 bits per heavy atom. The predicted molar refractivity (Wildman–Crippen MR) is 122 cm³/mol. The van der Waals surface area contributed by atoms with E-state index in [4.69, 9.17) is 25.6 Å². The molecule has 7 heteroatoms. The van der Waals surface area contributed by atoms with Gasteiger partial charge in [-0.2, -0.15) is 0 Å². The van der Waals surface area contributed by atoms with E-state index >= 15 is 0 Å². The van der Waals surface area contributed by atoms with Crippen LogP contribution in [0.3, 0.4) is 0 Å². The van der Waals surface area contributed by atoms with Crippen LogP contribution in [0.25, 0.3) is 11.3 Å². The van der Waals surface area contributed by atoms with Gasteiger partial charge in [-0.15, -0.1) is 0 Å². The number of halogens is 1. The van der Waals surface area contributed by atoms with Crippen LogP contribution in [0.5, 0.6) is 11.5 Å². The van der Waals surface area contributed by atoms with E-state index in [1.165, 1.54) is 0 Å². The predicted octanol–water partition coefficient (Wildman–Crippen LogP) is 5.38. The van der Waals surface area contributed by atoms with Crippen LogP contribution in [0.15, 0.2) is 89.5 Å². The summed E-state index contributed by atoms with van der Waals surface area (Å²) in [4.78, 5) is 12.3. The topological polar surface area (TPSA) is 73.6 Å². The molecule has 0 atom stereocenters. The summed E-state index contributed by atoms with van der Waals surface area (Å²) in [7, 11) is 0. The lowest BCUT2D eigenvalue weighted by Crippen LogP contribution is -2.28. The van der Waals surface area contributed by atoms with Gasteiger partial charge in [0.25, 0.3) is 5.91 Å². The summed E-state index contributed by atoms with van der Waals surface area (Å²) in [6.07, 6.45) is 0. The maximum atomic E-state index is 12.3. The number of nitrogens with zero attached hydrogens (tertiary/aromatic N) is 1. The molecule has 4 rings (SSSR count). The molecule has 3 aromatic carbocycles. The summed E-state index contributed by atoms with van der Waals surface area (Å²) < 4.78 is 16.7. The Labute approximate surface area is 190 Å². The number of carbonyl (C=O) groups excluding carboxylic acids is 1. The van der Waals surface area contributed by atoms with Crippen molar-refractivity contribution in [2.75, 3.05) is 13.2 Å². The zero-order valence-corrected chi connectivity index (χ0v) is 17.9. The normalized spacial score (nSPS) is 10.5. The molecule has 1 amide bonds. The second-order valence-corrected chi connectivity index (χ2v) is 7.31. The number of benzene rings is 3. The summed E-state index contributed by atoms with van der Waals surface area (Å²) >= 11 is 6.15. The Kier molecular flexibility index (Phi) is 7.05. The van der Waals surface area contributed by atoms with Crippen molar-refractivity contribution >= 4 is 17.5 Å². The second kappa shape index (κ2) is 10.5. The Hall–Kier alpha value is -3.77. The van der Waals surface area contributed by atoms with E-state index in [2.05, 4.69) is 10.5 Å². The molecule has 0 fully saturated rings. The Morgan fingerprint density at radius 2 is 1.62 bits per heavy atom. The fourth-order valence-electron chi connectivity index (χ4n) is 2.95. The van der Waals surface area contributed by atoms with Crippen molar-refractivity contribution in [2.24, 2.45) is 0 Å². The van der Waals surface area contributed by atoms with Crippen LogP contribution < -0.4 is 14.8 Å². The van der Waals surface area contributed by atoms with Gasteiger partial charge >= 0.3 is 0 Å². The molecule has 0 unspecified atom stereocenters. The van der Waals surface area contributed by atoms with Gasteiger partial charge in [0.1, 0.15) is 24.7 Å². The average Bonchev–Trinajstić information content (AvgIpc) is 3.33. The highest BCUT2D eigenvalue weighted by Gasteiger charge is 2.13. The van der Waals surface area contributed by atoms with Gasteiger partial charge < -0.3 is 19.3 Å². The Balaban J connectivity index is 1.28. The number of aromatic nitrogens is 1. The largest absolute Gasteiger partial charge is 0.492 e. The number of rotatable bonds is 9. The Bertz CT molecular complexity index is 1160. The van der Waals surface area contributed by atoms with Crippen molar-refractivity contribution < 1.29 is 18.8 Å². The van der Waals surface area contributed by atoms with Gasteiger partial charge in [-0.1, -0.05) is 53.2 Å². The number of para-hydroxylation sites is 1. The minimum absolute atomic E-state index is 0.207. The molecule has 4 aromatic rings. The van der Waals surface area contributed by atoms with Gasteiger partial charge in [0, 0.05) is 22.2 Å². The SMILES string of the molecule is O=C(NCCOc1ccccc1)c1cc(-c2ccc(OCc3ccccc3Cl)cc2)on1. The second-order valence-electron chi connectivity index (χ2n) is 6.90. The fraction of sp³-hybridized carbons (Fsp3) is 0.120. The summed E-state index contributed by atoms with van der Waals surface area (Å²) in [5, 5.41) is 7.30. The number of nitrogens with one attached hydrogen (secondary N) is 1. The smallest absolute Gasteiger partial charge is 0.273 e. The molecule has 1 heterocycles. The number of hydrogen-bond acceptors (Lipinski definition) is 5. The fourth-order valence-corrected chi connectivity index (χ4v) is 3.14. The zero-order chi connectivity index (χ0) is 22.2. The number of carbonyl (C=O) groups is 1. The third kappa shape index (κ3) is 5.68. The number of hydrogen-bond donors (Lipinski definition) is 1. The quantitative estimate of drug-likeness (QED) is 0.348. The molecule has 6 nitrogen and oxygen atoms in total. The molecule has 0 aliphatic carbocycles. The molecule has 0 saturated heterocycles. The molecule has 0 bridgehead atoms. The van der Waals surface area contributed by atoms with Gasteiger partial charge in [0.15, 0.2) is 11.5 Å². The van der Waals surface area contributed by atoms with Gasteiger partial charge in [-0.05, 0) is 42.5 Å². The molecule has 0 aliphatic heterocycles. The summed E-state index contributed by atoms with van der Waals surface area (Å²) in [5.74, 6) is 1.62. The van der Waals surface area contributed by atoms with E-state index in [1.807, 2.05) is 78.9 Å². The van der Waals surface area contributed by atoms with Gasteiger partial charge in [0.05, 0.1) is 6.54 Å². The van der Waals surface area contributed by atoms with E-state index < -0.39 is 0 Å². The zero-order valence-electron chi connectivity index (χ0n) is 17.2. The van der Waals surface area contributed by atoms with Crippen molar-refractivity contribution in [2.45, 2.75) is 6.61 Å². The van der Waals surface area contributed by atoms with Crippen LogP contribution in [0.1, 0.15) is 16.1 Å². The lowest BCUT2D eigenvalue weighted by Gasteiger charge is -2.08. The van der Waals surface area contributed by atoms with Gasteiger partial charge in [0.2, 0.25) is 0 Å². The first kappa shape index (κ1) is 21.5. The molecular weight excluding hydrogens is 428 g/mol. The Morgan fingerprint density at radius 1 is 0.906 bits per heavy atom. The molecule has 0 saturated carbocycles.